The topological polar surface area (TPSA) is 82.6 Å². The molecule has 0 bridgehead atoms. The summed E-state index contributed by atoms with van der Waals surface area (Å²) in [6.45, 7) is 2.00. The molecule has 4 amide bonds. The minimum Gasteiger partial charge on any atom is -0.332 e. The minimum atomic E-state index is -1.22. The van der Waals surface area contributed by atoms with E-state index in [9.17, 15) is 14.4 Å². The number of nitrogens with one attached hydrogen (secondary N) is 1. The quantitative estimate of drug-likeness (QED) is 0.430. The summed E-state index contributed by atoms with van der Waals surface area (Å²) in [7, 11) is 0. The van der Waals surface area contributed by atoms with Crippen LogP contribution in [0.1, 0.15) is 36.4 Å². The fourth-order valence-electron chi connectivity index (χ4n) is 5.12. The summed E-state index contributed by atoms with van der Waals surface area (Å²) in [6.07, 6.45) is 1.68. The van der Waals surface area contributed by atoms with Crippen LogP contribution in [0.3, 0.4) is 0 Å². The van der Waals surface area contributed by atoms with Crippen molar-refractivity contribution in [2.75, 3.05) is 13.1 Å². The predicted molar refractivity (Wildman–Crippen MR) is 135 cm³/mol. The lowest BCUT2D eigenvalue weighted by atomic mass is 9.90. The van der Waals surface area contributed by atoms with Gasteiger partial charge in [0.25, 0.3) is 5.91 Å². The molecule has 0 aliphatic carbocycles. The molecule has 2 unspecified atom stereocenters. The Kier molecular flexibility index (Phi) is 5.07. The molecule has 0 saturated carbocycles. The van der Waals surface area contributed by atoms with Crippen LogP contribution in [0.15, 0.2) is 66.7 Å². The first kappa shape index (κ1) is 21.7. The highest BCUT2D eigenvalue weighted by molar-refractivity contribution is 7.18. The molecule has 1 N–H and O–H groups in total. The van der Waals surface area contributed by atoms with E-state index in [-0.39, 0.29) is 18.5 Å². The average Bonchev–Trinajstić information content (AvgIpc) is 3.57. The van der Waals surface area contributed by atoms with Crippen LogP contribution < -0.4 is 5.32 Å². The van der Waals surface area contributed by atoms with Crippen LogP contribution in [0.2, 0.25) is 0 Å². The van der Waals surface area contributed by atoms with Gasteiger partial charge in [-0.3, -0.25) is 14.5 Å². The number of thiazole rings is 1. The van der Waals surface area contributed by atoms with Gasteiger partial charge in [0, 0.05) is 6.54 Å². The lowest BCUT2D eigenvalue weighted by molar-refractivity contribution is -0.139. The van der Waals surface area contributed by atoms with Crippen molar-refractivity contribution < 1.29 is 14.4 Å². The molecular weight excluding hydrogens is 460 g/mol. The second-order valence-corrected chi connectivity index (χ2v) is 10.3. The first-order chi connectivity index (χ1) is 16.9. The minimum absolute atomic E-state index is 0.132. The second kappa shape index (κ2) is 8.16. The van der Waals surface area contributed by atoms with E-state index >= 15 is 0 Å². The van der Waals surface area contributed by atoms with Gasteiger partial charge >= 0.3 is 6.03 Å². The number of nitrogens with zero attached hydrogens (tertiary/aromatic N) is 3. The molecule has 176 valence electrons. The summed E-state index contributed by atoms with van der Waals surface area (Å²) in [5.41, 5.74) is 0.392. The third-order valence-corrected chi connectivity index (χ3v) is 8.20. The summed E-state index contributed by atoms with van der Waals surface area (Å²) in [5.74, 6) is -0.653. The van der Waals surface area contributed by atoms with Crippen molar-refractivity contribution in [2.24, 2.45) is 0 Å². The number of rotatable bonds is 4. The largest absolute Gasteiger partial charge is 0.332 e. The molecule has 8 heteroatoms. The first-order valence-corrected chi connectivity index (χ1v) is 12.5. The summed E-state index contributed by atoms with van der Waals surface area (Å²) >= 11 is 1.59. The maximum atomic E-state index is 13.5. The Hall–Kier alpha value is -3.78. The van der Waals surface area contributed by atoms with Gasteiger partial charge in [0.2, 0.25) is 5.91 Å². The van der Waals surface area contributed by atoms with Crippen LogP contribution >= 0.6 is 11.3 Å². The second-order valence-electron chi connectivity index (χ2n) is 9.27. The molecule has 35 heavy (non-hydrogen) atoms. The van der Waals surface area contributed by atoms with Crippen LogP contribution in [-0.4, -0.2) is 45.7 Å². The monoisotopic (exact) mass is 484 g/mol. The average molecular weight is 485 g/mol. The van der Waals surface area contributed by atoms with Gasteiger partial charge in [-0.05, 0) is 54.3 Å². The number of imide groups is 1. The van der Waals surface area contributed by atoms with Crippen LogP contribution in [0, 0.1) is 0 Å². The number of carbonyl (C=O) groups is 3. The summed E-state index contributed by atoms with van der Waals surface area (Å²) in [4.78, 5) is 47.2. The van der Waals surface area contributed by atoms with Crippen molar-refractivity contribution in [2.45, 2.75) is 31.3 Å². The number of para-hydroxylation sites is 1. The van der Waals surface area contributed by atoms with Crippen LogP contribution in [-0.2, 0) is 15.1 Å². The zero-order valence-corrected chi connectivity index (χ0v) is 20.0. The Balaban J connectivity index is 1.23. The van der Waals surface area contributed by atoms with E-state index in [2.05, 4.69) is 5.32 Å². The van der Waals surface area contributed by atoms with Gasteiger partial charge in [-0.1, -0.05) is 48.5 Å². The van der Waals surface area contributed by atoms with E-state index in [1.807, 2.05) is 66.7 Å². The normalized spacial score (nSPS) is 22.4. The van der Waals surface area contributed by atoms with Gasteiger partial charge in [0.05, 0.1) is 16.3 Å². The Morgan fingerprint density at radius 1 is 1.09 bits per heavy atom. The molecule has 2 aliphatic heterocycles. The molecule has 2 aliphatic rings. The van der Waals surface area contributed by atoms with Gasteiger partial charge in [-0.25, -0.2) is 9.78 Å². The fraction of sp³-hybridized carbons (Fsp3) is 0.259. The van der Waals surface area contributed by atoms with Gasteiger partial charge in [0.1, 0.15) is 17.1 Å². The van der Waals surface area contributed by atoms with Crippen LogP contribution in [0.25, 0.3) is 21.0 Å². The van der Waals surface area contributed by atoms with E-state index in [0.717, 1.165) is 43.7 Å². The van der Waals surface area contributed by atoms with Gasteiger partial charge in [0.15, 0.2) is 0 Å². The van der Waals surface area contributed by atoms with E-state index in [0.29, 0.717) is 12.1 Å². The molecule has 2 saturated heterocycles. The Morgan fingerprint density at radius 2 is 1.86 bits per heavy atom. The number of urea groups is 1. The van der Waals surface area contributed by atoms with Gasteiger partial charge in [-0.2, -0.15) is 0 Å². The predicted octanol–water partition coefficient (Wildman–Crippen LogP) is 4.58. The first-order valence-electron chi connectivity index (χ1n) is 11.7. The number of benzene rings is 3. The smallest absolute Gasteiger partial charge is 0.325 e. The number of amides is 4. The highest BCUT2D eigenvalue weighted by atomic mass is 32.1. The summed E-state index contributed by atoms with van der Waals surface area (Å²) in [6, 6.07) is 20.8. The van der Waals surface area contributed by atoms with Crippen LogP contribution in [0.4, 0.5) is 4.79 Å². The number of likely N-dealkylation sites (tertiary alicyclic amines) is 1. The summed E-state index contributed by atoms with van der Waals surface area (Å²) in [5, 5.41) is 5.76. The number of fused-ring (bicyclic) bond motifs is 2. The van der Waals surface area contributed by atoms with E-state index in [4.69, 9.17) is 4.98 Å². The van der Waals surface area contributed by atoms with Gasteiger partial charge < -0.3 is 10.2 Å². The molecule has 4 aromatic rings. The molecule has 2 fully saturated rings. The maximum Gasteiger partial charge on any atom is 0.325 e. The van der Waals surface area contributed by atoms with E-state index in [1.165, 1.54) is 0 Å². The maximum absolute atomic E-state index is 13.5. The van der Waals surface area contributed by atoms with Crippen molar-refractivity contribution >= 4 is 50.2 Å². The van der Waals surface area contributed by atoms with Crippen molar-refractivity contribution in [3.05, 3.63) is 77.3 Å². The number of carbonyl (C=O) groups excluding carboxylic acids is 3. The third-order valence-electron chi connectivity index (χ3n) is 7.06. The van der Waals surface area contributed by atoms with E-state index < -0.39 is 17.5 Å². The molecule has 2 atom stereocenters. The lowest BCUT2D eigenvalue weighted by Gasteiger charge is -2.26. The highest BCUT2D eigenvalue weighted by Gasteiger charge is 2.50. The van der Waals surface area contributed by atoms with Crippen molar-refractivity contribution in [1.82, 2.24) is 20.1 Å². The van der Waals surface area contributed by atoms with Crippen LogP contribution in [0.5, 0.6) is 0 Å². The summed E-state index contributed by atoms with van der Waals surface area (Å²) < 4.78 is 1.09. The van der Waals surface area contributed by atoms with Crippen molar-refractivity contribution in [3.8, 4) is 0 Å². The Bertz CT molecular complexity index is 1470. The molecule has 3 heterocycles. The van der Waals surface area contributed by atoms with E-state index in [1.54, 1.807) is 23.2 Å². The molecule has 6 rings (SSSR count). The molecule has 3 aromatic carbocycles. The molecular formula is C27H24N4O3S. The zero-order valence-electron chi connectivity index (χ0n) is 19.2. The zero-order chi connectivity index (χ0) is 24.2. The Morgan fingerprint density at radius 3 is 2.69 bits per heavy atom. The Labute approximate surface area is 206 Å². The number of hydrogen-bond donors (Lipinski definition) is 1. The molecule has 1 aromatic heterocycles. The fourth-order valence-corrected chi connectivity index (χ4v) is 6.23. The van der Waals surface area contributed by atoms with Crippen molar-refractivity contribution in [3.63, 3.8) is 0 Å². The SMILES string of the molecule is CC1(c2ccc3ccccc3c2)NC(=O)N(CC(=O)N2CCCC2c2nc3ccccc3s2)C1=O. The lowest BCUT2D eigenvalue weighted by Crippen LogP contribution is -2.44. The number of hydrogen-bond acceptors (Lipinski definition) is 5. The van der Waals surface area contributed by atoms with Crippen molar-refractivity contribution in [1.29, 1.82) is 0 Å². The third kappa shape index (κ3) is 3.56. The molecule has 0 spiro atoms. The highest BCUT2D eigenvalue weighted by Crippen LogP contribution is 2.37. The standard InChI is InChI=1S/C27H24N4O3S/c1-27(19-13-12-17-7-2-3-8-18(17)15-19)25(33)31(26(34)29-27)16-23(32)30-14-6-10-21(30)24-28-20-9-4-5-11-22(20)35-24/h2-5,7-9,11-13,15,21H,6,10,14,16H2,1H3,(H,29,34). The molecule has 7 nitrogen and oxygen atoms in total. The molecule has 0 radical (unpaired) electrons. The number of aromatic nitrogens is 1. The van der Waals surface area contributed by atoms with Gasteiger partial charge in [-0.15, -0.1) is 11.3 Å².